The zero-order chi connectivity index (χ0) is 23.1. The number of nitro groups is 1. The van der Waals surface area contributed by atoms with Crippen LogP contribution in [0, 0.1) is 15.9 Å². The van der Waals surface area contributed by atoms with Gasteiger partial charge in [-0.2, -0.15) is 4.39 Å². The first-order chi connectivity index (χ1) is 16.0. The lowest BCUT2D eigenvalue weighted by atomic mass is 10.1. The van der Waals surface area contributed by atoms with Crippen molar-refractivity contribution in [2.24, 2.45) is 0 Å². The van der Waals surface area contributed by atoms with Gasteiger partial charge in [-0.3, -0.25) is 10.1 Å². The fourth-order valence-corrected chi connectivity index (χ4v) is 4.21. The molecule has 5 rings (SSSR count). The molecule has 0 spiro atoms. The second-order valence-electron chi connectivity index (χ2n) is 7.32. The van der Waals surface area contributed by atoms with E-state index in [0.29, 0.717) is 30.5 Å². The molecule has 33 heavy (non-hydrogen) atoms. The fraction of sp³-hybridized carbons (Fsp3) is 0.182. The number of nitrogens with one attached hydrogen (secondary N) is 1. The summed E-state index contributed by atoms with van der Waals surface area (Å²) in [5, 5.41) is 15.4. The highest BCUT2D eigenvalue weighted by molar-refractivity contribution is 6.33. The Morgan fingerprint density at radius 3 is 2.94 bits per heavy atom. The summed E-state index contributed by atoms with van der Waals surface area (Å²) < 4.78 is 27.0. The second-order valence-corrected chi connectivity index (χ2v) is 7.73. The highest BCUT2D eigenvalue weighted by Crippen LogP contribution is 2.40. The van der Waals surface area contributed by atoms with E-state index in [9.17, 15) is 14.5 Å². The highest BCUT2D eigenvalue weighted by Gasteiger charge is 2.25. The van der Waals surface area contributed by atoms with E-state index in [4.69, 9.17) is 21.1 Å². The molecule has 9 nitrogen and oxygen atoms in total. The van der Waals surface area contributed by atoms with Crippen molar-refractivity contribution < 1.29 is 18.8 Å². The molecule has 0 unspecified atom stereocenters. The number of halogens is 2. The van der Waals surface area contributed by atoms with Gasteiger partial charge in [0, 0.05) is 35.1 Å². The van der Waals surface area contributed by atoms with E-state index >= 15 is 0 Å². The molecule has 0 fully saturated rings. The highest BCUT2D eigenvalue weighted by atomic mass is 35.5. The lowest BCUT2D eigenvalue weighted by Crippen LogP contribution is -2.16. The largest absolute Gasteiger partial charge is 0.494 e. The van der Waals surface area contributed by atoms with Crippen molar-refractivity contribution >= 4 is 39.8 Å². The summed E-state index contributed by atoms with van der Waals surface area (Å²) in [4.78, 5) is 19.2. The van der Waals surface area contributed by atoms with Gasteiger partial charge >= 0.3 is 5.69 Å². The van der Waals surface area contributed by atoms with Crippen LogP contribution < -0.4 is 10.1 Å². The Kier molecular flexibility index (Phi) is 5.31. The minimum absolute atomic E-state index is 0.0679. The Morgan fingerprint density at radius 2 is 2.15 bits per heavy atom. The zero-order valence-corrected chi connectivity index (χ0v) is 18.1. The van der Waals surface area contributed by atoms with Crippen molar-refractivity contribution in [1.82, 2.24) is 14.5 Å². The summed E-state index contributed by atoms with van der Waals surface area (Å²) >= 11 is 6.51. The van der Waals surface area contributed by atoms with Crippen LogP contribution in [-0.4, -0.2) is 33.2 Å². The van der Waals surface area contributed by atoms with Crippen molar-refractivity contribution in [2.75, 3.05) is 19.0 Å². The molecule has 168 valence electrons. The molecule has 11 heteroatoms. The lowest BCUT2D eigenvalue weighted by molar-refractivity contribution is -0.387. The number of nitrogens with zero attached hydrogens (tertiary/aromatic N) is 4. The van der Waals surface area contributed by atoms with Crippen molar-refractivity contribution in [2.45, 2.75) is 13.2 Å². The number of nitro benzene ring substituents is 1. The molecule has 0 saturated carbocycles. The van der Waals surface area contributed by atoms with Crippen LogP contribution >= 0.6 is 11.6 Å². The van der Waals surface area contributed by atoms with Crippen LogP contribution in [0.1, 0.15) is 5.69 Å². The minimum atomic E-state index is -1.01. The quantitative estimate of drug-likeness (QED) is 0.321. The molecule has 0 bridgehead atoms. The van der Waals surface area contributed by atoms with Crippen LogP contribution in [0.5, 0.6) is 5.75 Å². The third-order valence-corrected chi connectivity index (χ3v) is 5.75. The third kappa shape index (κ3) is 3.62. The number of hydrogen-bond donors (Lipinski definition) is 1. The molecule has 4 aromatic rings. The minimum Gasteiger partial charge on any atom is -0.494 e. The third-order valence-electron chi connectivity index (χ3n) is 5.47. The number of fused-ring (bicyclic) bond motifs is 3. The van der Waals surface area contributed by atoms with Gasteiger partial charge in [0.15, 0.2) is 0 Å². The fourth-order valence-electron chi connectivity index (χ4n) is 4.02. The maximum Gasteiger partial charge on any atom is 0.307 e. The summed E-state index contributed by atoms with van der Waals surface area (Å²) in [5.41, 5.74) is 2.76. The van der Waals surface area contributed by atoms with E-state index in [-0.39, 0.29) is 17.4 Å². The van der Waals surface area contributed by atoms with Crippen molar-refractivity contribution in [3.05, 3.63) is 69.2 Å². The van der Waals surface area contributed by atoms with Gasteiger partial charge in [-0.1, -0.05) is 29.8 Å². The Labute approximate surface area is 191 Å². The maximum absolute atomic E-state index is 14.0. The monoisotopic (exact) mass is 469 g/mol. The Balaban J connectivity index is 1.63. The lowest BCUT2D eigenvalue weighted by Gasteiger charge is -2.18. The molecule has 2 aromatic carbocycles. The summed E-state index contributed by atoms with van der Waals surface area (Å²) in [6.07, 6.45) is 1.44. The SMILES string of the molecule is COc1cc(F)c([N+](=O)[O-])cc1Nc1ncc(Cl)c(-c2c3n(c4ccccc24)CCOC3)n1. The molecule has 0 atom stereocenters. The second kappa shape index (κ2) is 8.30. The molecular weight excluding hydrogens is 453 g/mol. The Hall–Kier alpha value is -3.76. The predicted molar refractivity (Wildman–Crippen MR) is 121 cm³/mol. The molecule has 2 aromatic heterocycles. The number of hydrogen-bond acceptors (Lipinski definition) is 7. The van der Waals surface area contributed by atoms with Crippen LogP contribution in [0.15, 0.2) is 42.6 Å². The zero-order valence-electron chi connectivity index (χ0n) is 17.3. The van der Waals surface area contributed by atoms with Gasteiger partial charge in [-0.15, -0.1) is 0 Å². The van der Waals surface area contributed by atoms with Crippen LogP contribution in [0.4, 0.5) is 21.7 Å². The van der Waals surface area contributed by atoms with Gasteiger partial charge in [0.1, 0.15) is 5.75 Å². The Bertz CT molecular complexity index is 1410. The van der Waals surface area contributed by atoms with Gasteiger partial charge in [0.05, 0.1) is 53.5 Å². The van der Waals surface area contributed by atoms with Crippen LogP contribution in [0.2, 0.25) is 5.02 Å². The van der Waals surface area contributed by atoms with Crippen molar-refractivity contribution in [3.8, 4) is 17.0 Å². The number of ether oxygens (including phenoxy) is 2. The van der Waals surface area contributed by atoms with E-state index in [1.165, 1.54) is 13.3 Å². The summed E-state index contributed by atoms with van der Waals surface area (Å²) in [6.45, 7) is 1.73. The van der Waals surface area contributed by atoms with Gasteiger partial charge in [0.2, 0.25) is 11.8 Å². The molecule has 1 aliphatic rings. The molecule has 0 amide bonds. The number of benzene rings is 2. The van der Waals surface area contributed by atoms with Crippen LogP contribution in [-0.2, 0) is 17.9 Å². The van der Waals surface area contributed by atoms with Crippen molar-refractivity contribution in [3.63, 3.8) is 0 Å². The van der Waals surface area contributed by atoms with Crippen molar-refractivity contribution in [1.29, 1.82) is 0 Å². The van der Waals surface area contributed by atoms with Crippen LogP contribution in [0.3, 0.4) is 0 Å². The summed E-state index contributed by atoms with van der Waals surface area (Å²) in [6, 6.07) is 9.91. The van der Waals surface area contributed by atoms with Gasteiger partial charge < -0.3 is 19.4 Å². The van der Waals surface area contributed by atoms with E-state index in [1.807, 2.05) is 24.3 Å². The molecule has 1 N–H and O–H groups in total. The molecule has 0 aliphatic carbocycles. The van der Waals surface area contributed by atoms with E-state index in [0.717, 1.165) is 34.3 Å². The maximum atomic E-state index is 14.0. The summed E-state index contributed by atoms with van der Waals surface area (Å²) in [5.74, 6) is -0.820. The average molecular weight is 470 g/mol. The van der Waals surface area contributed by atoms with E-state index in [2.05, 4.69) is 19.9 Å². The first kappa shape index (κ1) is 21.1. The van der Waals surface area contributed by atoms with Gasteiger partial charge in [0.25, 0.3) is 0 Å². The van der Waals surface area contributed by atoms with E-state index in [1.54, 1.807) is 0 Å². The topological polar surface area (TPSA) is 104 Å². The molecule has 1 aliphatic heterocycles. The number of anilines is 2. The first-order valence-electron chi connectivity index (χ1n) is 9.97. The Morgan fingerprint density at radius 1 is 1.33 bits per heavy atom. The number of aromatic nitrogens is 3. The average Bonchev–Trinajstić information content (AvgIpc) is 3.15. The smallest absolute Gasteiger partial charge is 0.307 e. The van der Waals surface area contributed by atoms with Crippen LogP contribution in [0.25, 0.3) is 22.2 Å². The molecule has 0 saturated heterocycles. The molecule has 3 heterocycles. The molecular formula is C22H17ClFN5O4. The van der Waals surface area contributed by atoms with Gasteiger partial charge in [-0.05, 0) is 6.07 Å². The number of methoxy groups -OCH3 is 1. The predicted octanol–water partition coefficient (Wildman–Crippen LogP) is 5.08. The normalized spacial score (nSPS) is 13.1. The van der Waals surface area contributed by atoms with E-state index < -0.39 is 16.4 Å². The number of rotatable bonds is 5. The number of para-hydroxylation sites is 1. The van der Waals surface area contributed by atoms with Gasteiger partial charge in [-0.25, -0.2) is 9.97 Å². The summed E-state index contributed by atoms with van der Waals surface area (Å²) in [7, 11) is 1.33. The molecule has 0 radical (unpaired) electrons. The standard InChI is InChI=1S/C22H17ClFN5O4/c1-32-19-8-14(24)17(29(30)31)9-15(19)26-22-25-10-13(23)21(27-22)20-12-4-2-3-5-16(12)28-6-7-33-11-18(20)28/h2-5,8-10H,6-7,11H2,1H3,(H,25,26,27). The first-order valence-corrected chi connectivity index (χ1v) is 10.4.